The summed E-state index contributed by atoms with van der Waals surface area (Å²) in [6.45, 7) is 3.55. The van der Waals surface area contributed by atoms with Gasteiger partial charge in [-0.3, -0.25) is 4.99 Å². The van der Waals surface area contributed by atoms with Crippen LogP contribution in [-0.2, 0) is 0 Å². The van der Waals surface area contributed by atoms with Crippen LogP contribution in [-0.4, -0.2) is 49.1 Å². The molecule has 0 spiro atoms. The van der Waals surface area contributed by atoms with Gasteiger partial charge in [-0.15, -0.1) is 0 Å². The zero-order valence-electron chi connectivity index (χ0n) is 13.7. The Morgan fingerprint density at radius 2 is 2.09 bits per heavy atom. The number of rotatable bonds is 4. The lowest BCUT2D eigenvalue weighted by molar-refractivity contribution is 0.299. The zero-order valence-corrected chi connectivity index (χ0v) is 14.4. The molecule has 2 unspecified atom stereocenters. The molecule has 126 valence electrons. The highest BCUT2D eigenvalue weighted by molar-refractivity contribution is 6.30. The van der Waals surface area contributed by atoms with Crippen LogP contribution >= 0.6 is 11.6 Å². The fourth-order valence-electron chi connectivity index (χ4n) is 3.68. The van der Waals surface area contributed by atoms with Crippen LogP contribution < -0.4 is 10.1 Å². The van der Waals surface area contributed by atoms with E-state index in [1.807, 2.05) is 7.05 Å². The summed E-state index contributed by atoms with van der Waals surface area (Å²) in [6, 6.07) is 3.56. The van der Waals surface area contributed by atoms with Gasteiger partial charge in [-0.05, 0) is 30.7 Å². The van der Waals surface area contributed by atoms with Crippen molar-refractivity contribution in [2.45, 2.75) is 25.7 Å². The van der Waals surface area contributed by atoms with Gasteiger partial charge in [0.05, 0.1) is 11.6 Å². The minimum Gasteiger partial charge on any atom is -0.476 e. The standard InChI is InChI=1S/C17H25ClN4O/c1-19-17(22-11-13-4-2-3-5-14(13)12-22)20-8-9-23-16-7-6-15(18)10-21-16/h6-7,10,13-14H,2-5,8-9,11-12H2,1H3,(H,19,20). The number of hydrogen-bond acceptors (Lipinski definition) is 3. The number of nitrogens with zero attached hydrogens (tertiary/aromatic N) is 3. The molecule has 1 aliphatic heterocycles. The Morgan fingerprint density at radius 3 is 2.70 bits per heavy atom. The van der Waals surface area contributed by atoms with E-state index in [1.165, 1.54) is 25.7 Å². The first-order valence-corrected chi connectivity index (χ1v) is 8.84. The smallest absolute Gasteiger partial charge is 0.213 e. The molecule has 2 fully saturated rings. The average Bonchev–Trinajstić information content (AvgIpc) is 3.00. The van der Waals surface area contributed by atoms with E-state index in [4.69, 9.17) is 16.3 Å². The van der Waals surface area contributed by atoms with Gasteiger partial charge in [-0.2, -0.15) is 0 Å². The molecule has 1 saturated carbocycles. The van der Waals surface area contributed by atoms with Crippen LogP contribution in [0.25, 0.3) is 0 Å². The lowest BCUT2D eigenvalue weighted by Gasteiger charge is -2.22. The average molecular weight is 337 g/mol. The number of fused-ring (bicyclic) bond motifs is 1. The topological polar surface area (TPSA) is 49.8 Å². The molecule has 3 rings (SSSR count). The van der Waals surface area contributed by atoms with Crippen molar-refractivity contribution in [1.82, 2.24) is 15.2 Å². The third kappa shape index (κ3) is 4.28. The van der Waals surface area contributed by atoms with Gasteiger partial charge in [-0.25, -0.2) is 4.98 Å². The number of nitrogens with one attached hydrogen (secondary N) is 1. The van der Waals surface area contributed by atoms with E-state index < -0.39 is 0 Å². The second-order valence-electron chi connectivity index (χ2n) is 6.35. The first-order valence-electron chi connectivity index (χ1n) is 8.46. The summed E-state index contributed by atoms with van der Waals surface area (Å²) in [5, 5.41) is 4.02. The van der Waals surface area contributed by atoms with Crippen molar-refractivity contribution in [2.24, 2.45) is 16.8 Å². The summed E-state index contributed by atoms with van der Waals surface area (Å²) >= 11 is 5.81. The van der Waals surface area contributed by atoms with Crippen LogP contribution in [0.1, 0.15) is 25.7 Å². The highest BCUT2D eigenvalue weighted by atomic mass is 35.5. The molecular formula is C17H25ClN4O. The normalized spacial score (nSPS) is 24.4. The monoisotopic (exact) mass is 336 g/mol. The molecule has 1 saturated heterocycles. The van der Waals surface area contributed by atoms with Crippen molar-refractivity contribution < 1.29 is 4.74 Å². The van der Waals surface area contributed by atoms with Crippen molar-refractivity contribution in [3.05, 3.63) is 23.4 Å². The SMILES string of the molecule is CN=C(NCCOc1ccc(Cl)cn1)N1CC2CCCCC2C1. The molecular weight excluding hydrogens is 312 g/mol. The molecule has 2 atom stereocenters. The number of guanidine groups is 1. The predicted octanol–water partition coefficient (Wildman–Crippen LogP) is 2.81. The lowest BCUT2D eigenvalue weighted by Crippen LogP contribution is -2.41. The van der Waals surface area contributed by atoms with Crippen LogP contribution in [0.5, 0.6) is 5.88 Å². The van der Waals surface area contributed by atoms with Gasteiger partial charge < -0.3 is 15.0 Å². The third-order valence-electron chi connectivity index (χ3n) is 4.82. The van der Waals surface area contributed by atoms with E-state index in [0.717, 1.165) is 30.9 Å². The largest absolute Gasteiger partial charge is 0.476 e. The summed E-state index contributed by atoms with van der Waals surface area (Å²) < 4.78 is 5.61. The van der Waals surface area contributed by atoms with Crippen molar-refractivity contribution in [3.63, 3.8) is 0 Å². The maximum Gasteiger partial charge on any atom is 0.213 e. The highest BCUT2D eigenvalue weighted by Gasteiger charge is 2.35. The predicted molar refractivity (Wildman–Crippen MR) is 93.1 cm³/mol. The van der Waals surface area contributed by atoms with Crippen LogP contribution in [0.15, 0.2) is 23.3 Å². The van der Waals surface area contributed by atoms with Crippen LogP contribution in [0.2, 0.25) is 5.02 Å². The van der Waals surface area contributed by atoms with E-state index in [9.17, 15) is 0 Å². The summed E-state index contributed by atoms with van der Waals surface area (Å²) in [7, 11) is 1.85. The Hall–Kier alpha value is -1.49. The fourth-order valence-corrected chi connectivity index (χ4v) is 3.79. The lowest BCUT2D eigenvalue weighted by atomic mass is 9.82. The molecule has 1 N–H and O–H groups in total. The van der Waals surface area contributed by atoms with Crippen molar-refractivity contribution in [1.29, 1.82) is 0 Å². The Kier molecular flexibility index (Phi) is 5.60. The molecule has 0 bridgehead atoms. The van der Waals surface area contributed by atoms with E-state index in [-0.39, 0.29) is 0 Å². The Labute approximate surface area is 143 Å². The highest BCUT2D eigenvalue weighted by Crippen LogP contribution is 2.35. The van der Waals surface area contributed by atoms with Crippen molar-refractivity contribution in [3.8, 4) is 5.88 Å². The minimum atomic E-state index is 0.550. The van der Waals surface area contributed by atoms with Crippen LogP contribution in [0, 0.1) is 11.8 Å². The van der Waals surface area contributed by atoms with Gasteiger partial charge >= 0.3 is 0 Å². The second-order valence-corrected chi connectivity index (χ2v) is 6.78. The number of pyridine rings is 1. The van der Waals surface area contributed by atoms with Gasteiger partial charge in [0, 0.05) is 32.4 Å². The van der Waals surface area contributed by atoms with Crippen molar-refractivity contribution >= 4 is 17.6 Å². The molecule has 1 aliphatic carbocycles. The number of ether oxygens (including phenoxy) is 1. The number of halogens is 1. The molecule has 1 aromatic rings. The quantitative estimate of drug-likeness (QED) is 0.522. The van der Waals surface area contributed by atoms with E-state index >= 15 is 0 Å². The van der Waals surface area contributed by atoms with Gasteiger partial charge in [0.25, 0.3) is 0 Å². The van der Waals surface area contributed by atoms with Crippen LogP contribution in [0.4, 0.5) is 0 Å². The molecule has 2 heterocycles. The molecule has 6 heteroatoms. The number of hydrogen-bond donors (Lipinski definition) is 1. The molecule has 5 nitrogen and oxygen atoms in total. The maximum absolute atomic E-state index is 5.81. The third-order valence-corrected chi connectivity index (χ3v) is 5.05. The second kappa shape index (κ2) is 7.86. The maximum atomic E-state index is 5.81. The van der Waals surface area contributed by atoms with Gasteiger partial charge in [0.2, 0.25) is 5.88 Å². The number of aliphatic imine (C=N–C) groups is 1. The Morgan fingerprint density at radius 1 is 1.35 bits per heavy atom. The molecule has 0 aromatic carbocycles. The van der Waals surface area contributed by atoms with E-state index in [1.54, 1.807) is 18.3 Å². The number of aromatic nitrogens is 1. The first-order chi connectivity index (χ1) is 11.3. The Bertz CT molecular complexity index is 520. The molecule has 1 aromatic heterocycles. The van der Waals surface area contributed by atoms with Crippen LogP contribution in [0.3, 0.4) is 0 Å². The molecule has 23 heavy (non-hydrogen) atoms. The van der Waals surface area contributed by atoms with Gasteiger partial charge in [0.1, 0.15) is 6.61 Å². The summed E-state index contributed by atoms with van der Waals surface area (Å²) in [6.07, 6.45) is 7.13. The number of likely N-dealkylation sites (tertiary alicyclic amines) is 1. The first kappa shape index (κ1) is 16.4. The van der Waals surface area contributed by atoms with E-state index in [0.29, 0.717) is 24.1 Å². The molecule has 2 aliphatic rings. The van der Waals surface area contributed by atoms with Crippen molar-refractivity contribution in [2.75, 3.05) is 33.3 Å². The molecule has 0 amide bonds. The molecule has 0 radical (unpaired) electrons. The zero-order chi connectivity index (χ0) is 16.1. The summed E-state index contributed by atoms with van der Waals surface area (Å²) in [5.41, 5.74) is 0. The fraction of sp³-hybridized carbons (Fsp3) is 0.647. The van der Waals surface area contributed by atoms with Gasteiger partial charge in [-0.1, -0.05) is 24.4 Å². The minimum absolute atomic E-state index is 0.550. The van der Waals surface area contributed by atoms with Gasteiger partial charge in [0.15, 0.2) is 5.96 Å². The van der Waals surface area contributed by atoms with E-state index in [2.05, 4.69) is 20.2 Å². The Balaban J connectivity index is 1.42. The summed E-state index contributed by atoms with van der Waals surface area (Å²) in [5.74, 6) is 3.30. The summed E-state index contributed by atoms with van der Waals surface area (Å²) in [4.78, 5) is 10.9.